The summed E-state index contributed by atoms with van der Waals surface area (Å²) in [6, 6.07) is 7.83. The van der Waals surface area contributed by atoms with Crippen LogP contribution in [0.4, 0.5) is 5.13 Å². The van der Waals surface area contributed by atoms with E-state index in [1.54, 1.807) is 17.8 Å². The van der Waals surface area contributed by atoms with E-state index < -0.39 is 0 Å². The minimum atomic E-state index is 0.698. The van der Waals surface area contributed by atoms with E-state index in [9.17, 15) is 0 Å². The van der Waals surface area contributed by atoms with Gasteiger partial charge in [0.25, 0.3) is 0 Å². The van der Waals surface area contributed by atoms with Crippen LogP contribution in [0.2, 0.25) is 5.02 Å². The number of anilines is 1. The highest BCUT2D eigenvalue weighted by Crippen LogP contribution is 2.30. The first-order valence-electron chi connectivity index (χ1n) is 5.34. The third-order valence-electron chi connectivity index (χ3n) is 2.11. The van der Waals surface area contributed by atoms with E-state index in [-0.39, 0.29) is 0 Å². The van der Waals surface area contributed by atoms with Crippen LogP contribution in [0.5, 0.6) is 0 Å². The summed E-state index contributed by atoms with van der Waals surface area (Å²) in [6.07, 6.45) is 1.79. The standard InChI is InChI=1S/C12H12ClN3S2/c1-2-7-14-11-15-16-12(18-11)17-8-9-5-3-4-6-10(9)13/h2-6H,1,7-8H2,(H,14,15). The van der Waals surface area contributed by atoms with Gasteiger partial charge in [-0.05, 0) is 11.6 Å². The maximum absolute atomic E-state index is 6.09. The lowest BCUT2D eigenvalue weighted by Gasteiger charge is -2.00. The fourth-order valence-corrected chi connectivity index (χ4v) is 3.30. The largest absolute Gasteiger partial charge is 0.357 e. The first-order chi connectivity index (χ1) is 8.79. The first-order valence-corrected chi connectivity index (χ1v) is 7.52. The van der Waals surface area contributed by atoms with Crippen molar-refractivity contribution in [2.75, 3.05) is 11.9 Å². The van der Waals surface area contributed by atoms with Crippen molar-refractivity contribution in [3.63, 3.8) is 0 Å². The van der Waals surface area contributed by atoms with Gasteiger partial charge in [0.1, 0.15) is 0 Å². The topological polar surface area (TPSA) is 37.8 Å². The Hall–Kier alpha value is -1.04. The van der Waals surface area contributed by atoms with Gasteiger partial charge >= 0.3 is 0 Å². The number of hydrogen-bond acceptors (Lipinski definition) is 5. The summed E-state index contributed by atoms with van der Waals surface area (Å²) < 4.78 is 0.932. The molecule has 18 heavy (non-hydrogen) atoms. The normalized spacial score (nSPS) is 10.3. The van der Waals surface area contributed by atoms with E-state index in [2.05, 4.69) is 22.1 Å². The molecule has 0 saturated carbocycles. The smallest absolute Gasteiger partial charge is 0.206 e. The summed E-state index contributed by atoms with van der Waals surface area (Å²) in [5.74, 6) is 0.801. The maximum Gasteiger partial charge on any atom is 0.206 e. The predicted octanol–water partition coefficient (Wildman–Crippen LogP) is 4.08. The van der Waals surface area contributed by atoms with Crippen LogP contribution in [0.1, 0.15) is 5.56 Å². The summed E-state index contributed by atoms with van der Waals surface area (Å²) >= 11 is 9.27. The second-order valence-electron chi connectivity index (χ2n) is 3.42. The minimum absolute atomic E-state index is 0.698. The first kappa shape index (κ1) is 13.4. The molecule has 0 radical (unpaired) electrons. The molecule has 0 fully saturated rings. The monoisotopic (exact) mass is 297 g/mol. The van der Waals surface area contributed by atoms with Crippen molar-refractivity contribution >= 4 is 39.8 Å². The Morgan fingerprint density at radius 2 is 2.22 bits per heavy atom. The van der Waals surface area contributed by atoms with E-state index in [1.807, 2.05) is 24.3 Å². The van der Waals surface area contributed by atoms with Gasteiger partial charge in [0, 0.05) is 17.3 Å². The number of rotatable bonds is 6. The van der Waals surface area contributed by atoms with Crippen LogP contribution >= 0.6 is 34.7 Å². The zero-order valence-corrected chi connectivity index (χ0v) is 12.0. The molecular weight excluding hydrogens is 286 g/mol. The Morgan fingerprint density at radius 1 is 1.39 bits per heavy atom. The van der Waals surface area contributed by atoms with Crippen LogP contribution in [0.25, 0.3) is 0 Å². The molecule has 2 rings (SSSR count). The van der Waals surface area contributed by atoms with Crippen molar-refractivity contribution < 1.29 is 0 Å². The molecule has 0 atom stereocenters. The van der Waals surface area contributed by atoms with Crippen molar-refractivity contribution in [3.05, 3.63) is 47.5 Å². The fraction of sp³-hybridized carbons (Fsp3) is 0.167. The molecule has 94 valence electrons. The second-order valence-corrected chi connectivity index (χ2v) is 6.03. The molecule has 0 bridgehead atoms. The Bertz CT molecular complexity index is 528. The van der Waals surface area contributed by atoms with Crippen molar-refractivity contribution in [1.29, 1.82) is 0 Å². The Morgan fingerprint density at radius 3 is 3.00 bits per heavy atom. The minimum Gasteiger partial charge on any atom is -0.357 e. The number of benzene rings is 1. The maximum atomic E-state index is 6.09. The van der Waals surface area contributed by atoms with Gasteiger partial charge in [-0.15, -0.1) is 16.8 Å². The molecule has 2 aromatic rings. The molecule has 0 spiro atoms. The second kappa shape index (κ2) is 6.78. The average molecular weight is 298 g/mol. The Labute approximate surface area is 119 Å². The van der Waals surface area contributed by atoms with Crippen molar-refractivity contribution in [1.82, 2.24) is 10.2 Å². The van der Waals surface area contributed by atoms with Crippen LogP contribution in [0, 0.1) is 0 Å². The highest BCUT2D eigenvalue weighted by Gasteiger charge is 2.05. The van der Waals surface area contributed by atoms with Gasteiger partial charge in [-0.1, -0.05) is 59.0 Å². The van der Waals surface area contributed by atoms with Gasteiger partial charge in [-0.3, -0.25) is 0 Å². The number of thioether (sulfide) groups is 1. The number of hydrogen-bond donors (Lipinski definition) is 1. The summed E-state index contributed by atoms with van der Waals surface area (Å²) in [6.45, 7) is 4.34. The van der Waals surface area contributed by atoms with E-state index in [0.29, 0.717) is 6.54 Å². The summed E-state index contributed by atoms with van der Waals surface area (Å²) in [5, 5.41) is 12.9. The van der Waals surface area contributed by atoms with E-state index in [0.717, 1.165) is 25.8 Å². The molecule has 1 N–H and O–H groups in total. The lowest BCUT2D eigenvalue weighted by atomic mass is 10.2. The van der Waals surface area contributed by atoms with Crippen molar-refractivity contribution in [2.24, 2.45) is 0 Å². The molecule has 1 aromatic carbocycles. The zero-order chi connectivity index (χ0) is 12.8. The zero-order valence-electron chi connectivity index (χ0n) is 9.60. The molecule has 6 heteroatoms. The molecular formula is C12H12ClN3S2. The molecule has 0 aliphatic heterocycles. The third kappa shape index (κ3) is 3.73. The third-order valence-corrected chi connectivity index (χ3v) is 4.54. The van der Waals surface area contributed by atoms with Gasteiger partial charge in [0.15, 0.2) is 4.34 Å². The highest BCUT2D eigenvalue weighted by molar-refractivity contribution is 8.00. The van der Waals surface area contributed by atoms with E-state index in [1.165, 1.54) is 11.3 Å². The van der Waals surface area contributed by atoms with Gasteiger partial charge in [0.2, 0.25) is 5.13 Å². The van der Waals surface area contributed by atoms with Crippen LogP contribution in [0.15, 0.2) is 41.3 Å². The molecule has 3 nitrogen and oxygen atoms in total. The molecule has 0 unspecified atom stereocenters. The average Bonchev–Trinajstić information content (AvgIpc) is 2.83. The quantitative estimate of drug-likeness (QED) is 0.644. The summed E-state index contributed by atoms with van der Waals surface area (Å²) in [5.41, 5.74) is 1.11. The highest BCUT2D eigenvalue weighted by atomic mass is 35.5. The Balaban J connectivity index is 1.92. The molecule has 1 heterocycles. The summed E-state index contributed by atoms with van der Waals surface area (Å²) in [7, 11) is 0. The van der Waals surface area contributed by atoms with Crippen LogP contribution < -0.4 is 5.32 Å². The number of halogens is 1. The number of nitrogens with one attached hydrogen (secondary N) is 1. The molecule has 0 aliphatic rings. The predicted molar refractivity (Wildman–Crippen MR) is 79.6 cm³/mol. The van der Waals surface area contributed by atoms with Crippen LogP contribution in [0.3, 0.4) is 0 Å². The Kier molecular flexibility index (Phi) is 5.04. The van der Waals surface area contributed by atoms with Gasteiger partial charge in [-0.2, -0.15) is 0 Å². The fourth-order valence-electron chi connectivity index (χ4n) is 1.25. The van der Waals surface area contributed by atoms with E-state index in [4.69, 9.17) is 11.6 Å². The number of aromatic nitrogens is 2. The molecule has 0 aliphatic carbocycles. The number of nitrogens with zero attached hydrogens (tertiary/aromatic N) is 2. The van der Waals surface area contributed by atoms with Crippen LogP contribution in [-0.4, -0.2) is 16.7 Å². The molecule has 0 saturated heterocycles. The van der Waals surface area contributed by atoms with Gasteiger partial charge in [-0.25, -0.2) is 0 Å². The van der Waals surface area contributed by atoms with Crippen LogP contribution in [-0.2, 0) is 5.75 Å². The lowest BCUT2D eigenvalue weighted by Crippen LogP contribution is -1.96. The van der Waals surface area contributed by atoms with Crippen molar-refractivity contribution in [2.45, 2.75) is 10.1 Å². The van der Waals surface area contributed by atoms with Crippen molar-refractivity contribution in [3.8, 4) is 0 Å². The lowest BCUT2D eigenvalue weighted by molar-refractivity contribution is 1.01. The SMILES string of the molecule is C=CCNc1nnc(SCc2ccccc2Cl)s1. The molecule has 0 amide bonds. The van der Waals surface area contributed by atoms with Gasteiger partial charge < -0.3 is 5.32 Å². The van der Waals surface area contributed by atoms with E-state index >= 15 is 0 Å². The summed E-state index contributed by atoms with van der Waals surface area (Å²) in [4.78, 5) is 0. The van der Waals surface area contributed by atoms with Gasteiger partial charge in [0.05, 0.1) is 0 Å². The molecule has 1 aromatic heterocycles.